The molecule has 1 saturated heterocycles. The number of thioether (sulfide) groups is 1. The van der Waals surface area contributed by atoms with Crippen LogP contribution in [0.5, 0.6) is 0 Å². The molecule has 0 aliphatic carbocycles. The number of rotatable bonds is 4. The fourth-order valence-corrected chi connectivity index (χ4v) is 3.46. The van der Waals surface area contributed by atoms with Crippen LogP contribution < -0.4 is 5.32 Å². The number of benzene rings is 1. The summed E-state index contributed by atoms with van der Waals surface area (Å²) in [6.07, 6.45) is 4.78. The van der Waals surface area contributed by atoms with E-state index in [4.69, 9.17) is 16.1 Å². The Kier molecular flexibility index (Phi) is 5.17. The van der Waals surface area contributed by atoms with Gasteiger partial charge in [0.1, 0.15) is 0 Å². The van der Waals surface area contributed by atoms with Crippen molar-refractivity contribution in [1.82, 2.24) is 15.5 Å². The van der Waals surface area contributed by atoms with Crippen molar-refractivity contribution in [2.24, 2.45) is 0 Å². The summed E-state index contributed by atoms with van der Waals surface area (Å²) >= 11 is 7.64. The van der Waals surface area contributed by atoms with Crippen molar-refractivity contribution in [2.75, 3.05) is 6.54 Å². The van der Waals surface area contributed by atoms with Gasteiger partial charge in [-0.05, 0) is 37.6 Å². The molecule has 1 aliphatic heterocycles. The van der Waals surface area contributed by atoms with Gasteiger partial charge < -0.3 is 9.84 Å². The number of halogens is 1. The molecule has 0 radical (unpaired) electrons. The van der Waals surface area contributed by atoms with Crippen LogP contribution in [0.1, 0.15) is 43.4 Å². The molecule has 4 nitrogen and oxygen atoms in total. The highest BCUT2D eigenvalue weighted by molar-refractivity contribution is 7.98. The monoisotopic (exact) mass is 323 g/mol. The largest absolute Gasteiger partial charge is 0.338 e. The summed E-state index contributed by atoms with van der Waals surface area (Å²) in [6.45, 7) is 1.03. The maximum atomic E-state index is 5.98. The van der Waals surface area contributed by atoms with Crippen LogP contribution in [0.4, 0.5) is 0 Å². The van der Waals surface area contributed by atoms with E-state index in [1.54, 1.807) is 11.8 Å². The molecular formula is C15H18ClN3OS. The maximum Gasteiger partial charge on any atom is 0.243 e. The predicted octanol–water partition coefficient (Wildman–Crippen LogP) is 4.22. The van der Waals surface area contributed by atoms with Crippen molar-refractivity contribution in [1.29, 1.82) is 0 Å². The standard InChI is InChI=1S/C15H18ClN3OS/c16-11-5-4-6-12(9-11)21-10-14-18-15(20-19-14)13-7-2-1-3-8-17-13/h4-6,9,13,17H,1-3,7-8,10H2. The van der Waals surface area contributed by atoms with Crippen LogP contribution in [0.3, 0.4) is 0 Å². The van der Waals surface area contributed by atoms with Crippen molar-refractivity contribution in [3.8, 4) is 0 Å². The molecule has 1 aliphatic rings. The Labute approximate surface area is 133 Å². The first-order valence-electron chi connectivity index (χ1n) is 7.25. The zero-order chi connectivity index (χ0) is 14.5. The Morgan fingerprint density at radius 3 is 3.19 bits per heavy atom. The van der Waals surface area contributed by atoms with Gasteiger partial charge in [0, 0.05) is 9.92 Å². The van der Waals surface area contributed by atoms with E-state index in [9.17, 15) is 0 Å². The minimum absolute atomic E-state index is 0.213. The van der Waals surface area contributed by atoms with Crippen molar-refractivity contribution in [3.05, 3.63) is 41.0 Å². The molecule has 112 valence electrons. The minimum atomic E-state index is 0.213. The predicted molar refractivity (Wildman–Crippen MR) is 84.5 cm³/mol. The first-order chi connectivity index (χ1) is 10.3. The number of hydrogen-bond acceptors (Lipinski definition) is 5. The molecule has 21 heavy (non-hydrogen) atoms. The quantitative estimate of drug-likeness (QED) is 0.854. The SMILES string of the molecule is Clc1cccc(SCc2noc(C3CCCCCN3)n2)c1. The van der Waals surface area contributed by atoms with E-state index in [-0.39, 0.29) is 6.04 Å². The Morgan fingerprint density at radius 1 is 1.33 bits per heavy atom. The molecule has 0 amide bonds. The number of hydrogen-bond donors (Lipinski definition) is 1. The molecule has 1 aromatic carbocycles. The van der Waals surface area contributed by atoms with Gasteiger partial charge in [-0.3, -0.25) is 0 Å². The van der Waals surface area contributed by atoms with Crippen LogP contribution in [0.25, 0.3) is 0 Å². The van der Waals surface area contributed by atoms with Crippen molar-refractivity contribution >= 4 is 23.4 Å². The number of nitrogens with zero attached hydrogens (tertiary/aromatic N) is 2. The van der Waals surface area contributed by atoms with E-state index in [1.807, 2.05) is 24.3 Å². The molecule has 1 atom stereocenters. The van der Waals surface area contributed by atoms with Gasteiger partial charge in [-0.2, -0.15) is 4.98 Å². The van der Waals surface area contributed by atoms with Gasteiger partial charge in [0.25, 0.3) is 0 Å². The molecule has 1 unspecified atom stereocenters. The molecule has 1 N–H and O–H groups in total. The van der Waals surface area contributed by atoms with Crippen LogP contribution in [-0.2, 0) is 5.75 Å². The van der Waals surface area contributed by atoms with Gasteiger partial charge in [0.05, 0.1) is 11.8 Å². The van der Waals surface area contributed by atoms with Crippen LogP contribution >= 0.6 is 23.4 Å². The summed E-state index contributed by atoms with van der Waals surface area (Å²) < 4.78 is 5.41. The summed E-state index contributed by atoms with van der Waals surface area (Å²) in [5.41, 5.74) is 0. The topological polar surface area (TPSA) is 51.0 Å². The normalized spacial score (nSPS) is 19.4. The summed E-state index contributed by atoms with van der Waals surface area (Å²) in [5, 5.41) is 8.30. The minimum Gasteiger partial charge on any atom is -0.338 e. The fourth-order valence-electron chi connectivity index (χ4n) is 2.41. The Morgan fingerprint density at radius 2 is 2.29 bits per heavy atom. The third kappa shape index (κ3) is 4.22. The molecule has 0 spiro atoms. The van der Waals surface area contributed by atoms with E-state index in [0.29, 0.717) is 5.75 Å². The van der Waals surface area contributed by atoms with Gasteiger partial charge in [0.2, 0.25) is 5.89 Å². The average Bonchev–Trinajstić information content (AvgIpc) is 2.79. The van der Waals surface area contributed by atoms with Crippen LogP contribution in [0, 0.1) is 0 Å². The van der Waals surface area contributed by atoms with Gasteiger partial charge in [0.15, 0.2) is 5.82 Å². The second-order valence-electron chi connectivity index (χ2n) is 5.15. The summed E-state index contributed by atoms with van der Waals surface area (Å²) in [4.78, 5) is 5.63. The molecule has 0 bridgehead atoms. The number of nitrogens with one attached hydrogen (secondary N) is 1. The molecule has 3 rings (SSSR count). The van der Waals surface area contributed by atoms with Gasteiger partial charge in [-0.15, -0.1) is 11.8 Å². The van der Waals surface area contributed by atoms with Gasteiger partial charge >= 0.3 is 0 Å². The van der Waals surface area contributed by atoms with Crippen molar-refractivity contribution < 1.29 is 4.52 Å². The smallest absolute Gasteiger partial charge is 0.243 e. The highest BCUT2D eigenvalue weighted by atomic mass is 35.5. The Bertz CT molecular complexity index is 582. The van der Waals surface area contributed by atoms with E-state index >= 15 is 0 Å². The zero-order valence-electron chi connectivity index (χ0n) is 11.7. The van der Waals surface area contributed by atoms with Gasteiger partial charge in [-0.1, -0.05) is 35.7 Å². The first kappa shape index (κ1) is 14.9. The Balaban J connectivity index is 1.59. The number of aromatic nitrogens is 2. The second-order valence-corrected chi connectivity index (χ2v) is 6.64. The molecular weight excluding hydrogens is 306 g/mol. The molecule has 0 saturated carbocycles. The lowest BCUT2D eigenvalue weighted by atomic mass is 10.1. The second kappa shape index (κ2) is 7.29. The van der Waals surface area contributed by atoms with E-state index in [1.165, 1.54) is 19.3 Å². The fraction of sp³-hybridized carbons (Fsp3) is 0.467. The third-order valence-corrected chi connectivity index (χ3v) is 4.73. The molecule has 2 aromatic rings. The maximum absolute atomic E-state index is 5.98. The lowest BCUT2D eigenvalue weighted by Crippen LogP contribution is -2.20. The summed E-state index contributed by atoms with van der Waals surface area (Å²) in [6, 6.07) is 8.01. The third-order valence-electron chi connectivity index (χ3n) is 3.51. The average molecular weight is 324 g/mol. The highest BCUT2D eigenvalue weighted by Gasteiger charge is 2.19. The molecule has 2 heterocycles. The molecule has 1 aromatic heterocycles. The van der Waals surface area contributed by atoms with E-state index < -0.39 is 0 Å². The molecule has 1 fully saturated rings. The first-order valence-corrected chi connectivity index (χ1v) is 8.62. The van der Waals surface area contributed by atoms with E-state index in [2.05, 4.69) is 15.5 Å². The van der Waals surface area contributed by atoms with Crippen molar-refractivity contribution in [2.45, 2.75) is 42.4 Å². The van der Waals surface area contributed by atoms with E-state index in [0.717, 1.165) is 34.6 Å². The van der Waals surface area contributed by atoms with Crippen LogP contribution in [0.15, 0.2) is 33.7 Å². The lowest BCUT2D eigenvalue weighted by Gasteiger charge is -2.09. The summed E-state index contributed by atoms with van der Waals surface area (Å²) in [7, 11) is 0. The zero-order valence-corrected chi connectivity index (χ0v) is 13.3. The van der Waals surface area contributed by atoms with Crippen LogP contribution in [0.2, 0.25) is 5.02 Å². The van der Waals surface area contributed by atoms with Gasteiger partial charge in [-0.25, -0.2) is 0 Å². The molecule has 6 heteroatoms. The van der Waals surface area contributed by atoms with Crippen molar-refractivity contribution in [3.63, 3.8) is 0 Å². The lowest BCUT2D eigenvalue weighted by molar-refractivity contribution is 0.325. The summed E-state index contributed by atoms with van der Waals surface area (Å²) in [5.74, 6) is 2.15. The Hall–Kier alpha value is -1.04. The highest BCUT2D eigenvalue weighted by Crippen LogP contribution is 2.26. The van der Waals surface area contributed by atoms with Crippen LogP contribution in [-0.4, -0.2) is 16.7 Å².